The third-order valence-corrected chi connectivity index (χ3v) is 2.87. The van der Waals surface area contributed by atoms with Crippen molar-refractivity contribution in [2.45, 2.75) is 19.4 Å². The number of hydrogen-bond donors (Lipinski definition) is 2. The van der Waals surface area contributed by atoms with Gasteiger partial charge < -0.3 is 10.2 Å². The Bertz CT molecular complexity index is 620. The number of aromatic amines is 1. The molecule has 0 bridgehead atoms. The monoisotopic (exact) mass is 231 g/mol. The normalized spacial score (nSPS) is 14.4. The second kappa shape index (κ2) is 4.44. The van der Waals surface area contributed by atoms with Crippen molar-refractivity contribution in [3.8, 4) is 6.07 Å². The number of nitrogens with one attached hydrogen (secondary N) is 1. The zero-order valence-electron chi connectivity index (χ0n) is 9.43. The molecule has 0 saturated heterocycles. The van der Waals surface area contributed by atoms with Crippen LogP contribution in [0.4, 0.5) is 0 Å². The Balaban J connectivity index is 2.42. The van der Waals surface area contributed by atoms with Gasteiger partial charge in [-0.3, -0.25) is 4.98 Å². The lowest BCUT2D eigenvalue weighted by Gasteiger charge is -2.16. The maximum atomic E-state index is 11.0. The van der Waals surface area contributed by atoms with Gasteiger partial charge >= 0.3 is 5.76 Å². The fraction of sp³-hybridized carbons (Fsp3) is 0.333. The van der Waals surface area contributed by atoms with Gasteiger partial charge in [0.1, 0.15) is 0 Å². The molecule has 17 heavy (non-hydrogen) atoms. The van der Waals surface area contributed by atoms with Gasteiger partial charge in [-0.15, -0.1) is 0 Å². The van der Waals surface area contributed by atoms with Gasteiger partial charge in [0.2, 0.25) is 0 Å². The van der Waals surface area contributed by atoms with Gasteiger partial charge in [-0.25, -0.2) is 4.79 Å². The number of oxazole rings is 1. The number of nitrogens with two attached hydrogens (primary N) is 1. The van der Waals surface area contributed by atoms with Crippen LogP contribution in [-0.4, -0.2) is 4.98 Å². The lowest BCUT2D eigenvalue weighted by molar-refractivity contribution is 0.518. The van der Waals surface area contributed by atoms with Gasteiger partial charge in [-0.05, 0) is 24.1 Å². The van der Waals surface area contributed by atoms with E-state index in [0.29, 0.717) is 17.5 Å². The number of aromatic nitrogens is 1. The number of nitrogens with zero attached hydrogens (tertiary/aromatic N) is 1. The van der Waals surface area contributed by atoms with Gasteiger partial charge in [-0.2, -0.15) is 5.26 Å². The Morgan fingerprint density at radius 2 is 2.35 bits per heavy atom. The maximum absolute atomic E-state index is 11.0. The predicted octanol–water partition coefficient (Wildman–Crippen LogP) is 1.67. The third-order valence-electron chi connectivity index (χ3n) is 2.87. The minimum absolute atomic E-state index is 0.230. The minimum atomic E-state index is -0.488. The summed E-state index contributed by atoms with van der Waals surface area (Å²) in [5.41, 5.74) is 7.94. The summed E-state index contributed by atoms with van der Waals surface area (Å²) in [5, 5.41) is 8.97. The Hall–Kier alpha value is -2.06. The summed E-state index contributed by atoms with van der Waals surface area (Å²) in [7, 11) is 0. The number of benzene rings is 1. The van der Waals surface area contributed by atoms with Crippen molar-refractivity contribution in [3.05, 3.63) is 34.3 Å². The molecule has 2 unspecified atom stereocenters. The van der Waals surface area contributed by atoms with Crippen molar-refractivity contribution in [3.63, 3.8) is 0 Å². The van der Waals surface area contributed by atoms with Gasteiger partial charge in [-0.1, -0.05) is 13.0 Å². The molecule has 5 nitrogen and oxygen atoms in total. The van der Waals surface area contributed by atoms with Crippen molar-refractivity contribution in [1.29, 1.82) is 5.26 Å². The molecule has 0 aliphatic rings. The van der Waals surface area contributed by atoms with Gasteiger partial charge in [0, 0.05) is 6.04 Å². The van der Waals surface area contributed by atoms with Crippen molar-refractivity contribution in [1.82, 2.24) is 4.98 Å². The van der Waals surface area contributed by atoms with Gasteiger partial charge in [0.05, 0.1) is 17.5 Å². The molecule has 0 radical (unpaired) electrons. The van der Waals surface area contributed by atoms with E-state index in [1.54, 1.807) is 18.2 Å². The third kappa shape index (κ3) is 2.08. The second-order valence-electron chi connectivity index (χ2n) is 3.94. The fourth-order valence-corrected chi connectivity index (χ4v) is 1.83. The van der Waals surface area contributed by atoms with Crippen molar-refractivity contribution in [2.24, 2.45) is 11.7 Å². The fourth-order valence-electron chi connectivity index (χ4n) is 1.83. The largest absolute Gasteiger partial charge is 0.417 e. The van der Waals surface area contributed by atoms with Crippen LogP contribution in [0.25, 0.3) is 11.1 Å². The molecule has 0 saturated carbocycles. The van der Waals surface area contributed by atoms with E-state index < -0.39 is 5.76 Å². The second-order valence-corrected chi connectivity index (χ2v) is 3.94. The molecule has 0 fully saturated rings. The first-order chi connectivity index (χ1) is 8.15. The molecule has 0 aliphatic heterocycles. The molecular formula is C12H13N3O2. The summed E-state index contributed by atoms with van der Waals surface area (Å²) in [6.45, 7) is 1.92. The lowest BCUT2D eigenvalue weighted by atomic mass is 9.93. The van der Waals surface area contributed by atoms with E-state index in [-0.39, 0.29) is 12.0 Å². The smallest absolute Gasteiger partial charge is 0.408 e. The SMILES string of the molecule is CCC(C#N)C(N)c1ccc2oc(=O)[nH]c2c1. The van der Waals surface area contributed by atoms with E-state index in [0.717, 1.165) is 5.56 Å². The van der Waals surface area contributed by atoms with Crippen molar-refractivity contribution < 1.29 is 4.42 Å². The molecule has 2 rings (SSSR count). The molecular weight excluding hydrogens is 218 g/mol. The Morgan fingerprint density at radius 3 is 3.00 bits per heavy atom. The van der Waals surface area contributed by atoms with Gasteiger partial charge in [0.25, 0.3) is 0 Å². The molecule has 1 aromatic carbocycles. The summed E-state index contributed by atoms with van der Waals surface area (Å²) in [4.78, 5) is 13.6. The van der Waals surface area contributed by atoms with Crippen LogP contribution in [0.3, 0.4) is 0 Å². The van der Waals surface area contributed by atoms with Crippen LogP contribution >= 0.6 is 0 Å². The number of H-pyrrole nitrogens is 1. The molecule has 1 heterocycles. The molecule has 88 valence electrons. The van der Waals surface area contributed by atoms with Crippen LogP contribution in [0.2, 0.25) is 0 Å². The summed E-state index contributed by atoms with van der Waals surface area (Å²) in [6, 6.07) is 7.05. The molecule has 0 amide bonds. The molecule has 2 aromatic rings. The number of rotatable bonds is 3. The van der Waals surface area contributed by atoms with E-state index in [1.165, 1.54) is 0 Å². The number of fused-ring (bicyclic) bond motifs is 1. The molecule has 2 atom stereocenters. The maximum Gasteiger partial charge on any atom is 0.417 e. The molecule has 0 aliphatic carbocycles. The van der Waals surface area contributed by atoms with Crippen molar-refractivity contribution in [2.75, 3.05) is 0 Å². The van der Waals surface area contributed by atoms with Crippen LogP contribution < -0.4 is 11.5 Å². The quantitative estimate of drug-likeness (QED) is 0.839. The van der Waals surface area contributed by atoms with Gasteiger partial charge in [0.15, 0.2) is 5.58 Å². The summed E-state index contributed by atoms with van der Waals surface area (Å²) < 4.78 is 4.90. The van der Waals surface area contributed by atoms with Crippen LogP contribution in [0, 0.1) is 17.2 Å². The molecule has 5 heteroatoms. The highest BCUT2D eigenvalue weighted by Crippen LogP contribution is 2.24. The first-order valence-electron chi connectivity index (χ1n) is 5.43. The van der Waals surface area contributed by atoms with E-state index in [1.807, 2.05) is 6.92 Å². The number of nitriles is 1. The Kier molecular flexibility index (Phi) is 2.98. The zero-order chi connectivity index (χ0) is 12.4. The first-order valence-corrected chi connectivity index (χ1v) is 5.43. The summed E-state index contributed by atoms with van der Waals surface area (Å²) in [6.07, 6.45) is 0.692. The van der Waals surface area contributed by atoms with E-state index in [2.05, 4.69) is 11.1 Å². The molecule has 1 aromatic heterocycles. The van der Waals surface area contributed by atoms with Crippen LogP contribution in [0.15, 0.2) is 27.4 Å². The summed E-state index contributed by atoms with van der Waals surface area (Å²) >= 11 is 0. The van der Waals surface area contributed by atoms with Crippen molar-refractivity contribution >= 4 is 11.1 Å². The highest BCUT2D eigenvalue weighted by molar-refractivity contribution is 5.72. The standard InChI is InChI=1S/C12H13N3O2/c1-2-7(6-13)11(14)8-3-4-10-9(5-8)15-12(16)17-10/h3-5,7,11H,2,14H2,1H3,(H,15,16). The van der Waals surface area contributed by atoms with E-state index in [9.17, 15) is 4.79 Å². The van der Waals surface area contributed by atoms with E-state index >= 15 is 0 Å². The van der Waals surface area contributed by atoms with Crippen LogP contribution in [0.1, 0.15) is 24.9 Å². The Morgan fingerprint density at radius 1 is 1.59 bits per heavy atom. The topological polar surface area (TPSA) is 95.8 Å². The minimum Gasteiger partial charge on any atom is -0.408 e. The Labute approximate surface area is 97.8 Å². The van der Waals surface area contributed by atoms with Crippen LogP contribution in [0.5, 0.6) is 0 Å². The number of hydrogen-bond acceptors (Lipinski definition) is 4. The van der Waals surface area contributed by atoms with Crippen LogP contribution in [-0.2, 0) is 0 Å². The predicted molar refractivity (Wildman–Crippen MR) is 63.2 cm³/mol. The highest BCUT2D eigenvalue weighted by atomic mass is 16.4. The molecule has 3 N–H and O–H groups in total. The summed E-state index contributed by atoms with van der Waals surface area (Å²) in [5.74, 6) is -0.718. The average Bonchev–Trinajstić information content (AvgIpc) is 2.69. The lowest BCUT2D eigenvalue weighted by Crippen LogP contribution is -2.19. The first kappa shape index (κ1) is 11.4. The average molecular weight is 231 g/mol. The van der Waals surface area contributed by atoms with E-state index in [4.69, 9.17) is 15.4 Å². The molecule has 0 spiro atoms. The zero-order valence-corrected chi connectivity index (χ0v) is 9.43. The highest BCUT2D eigenvalue weighted by Gasteiger charge is 2.18.